The van der Waals surface area contributed by atoms with Crippen molar-refractivity contribution < 1.29 is 4.79 Å². The van der Waals surface area contributed by atoms with Crippen LogP contribution in [0.3, 0.4) is 0 Å². The van der Waals surface area contributed by atoms with Crippen molar-refractivity contribution in [3.05, 3.63) is 0 Å². The van der Waals surface area contributed by atoms with Crippen molar-refractivity contribution in [2.75, 3.05) is 12.8 Å². The van der Waals surface area contributed by atoms with E-state index < -0.39 is 5.54 Å². The minimum Gasteiger partial charge on any atom is -0.341 e. The lowest BCUT2D eigenvalue weighted by atomic mass is 9.96. The van der Waals surface area contributed by atoms with Crippen LogP contribution in [-0.2, 0) is 4.79 Å². The zero-order valence-corrected chi connectivity index (χ0v) is 13.7. The molecule has 0 bridgehead atoms. The number of hydrogen-bond donors (Lipinski definition) is 1. The molecule has 2 N–H and O–H groups in total. The molecular weight excluding hydrogens is 280 g/mol. The predicted octanol–water partition coefficient (Wildman–Crippen LogP) is 2.81. The lowest BCUT2D eigenvalue weighted by Crippen LogP contribution is -2.54. The van der Waals surface area contributed by atoms with Crippen molar-refractivity contribution in [2.45, 2.75) is 68.7 Å². The van der Waals surface area contributed by atoms with Crippen molar-refractivity contribution in [2.24, 2.45) is 5.73 Å². The molecule has 2 rings (SSSR count). The van der Waals surface area contributed by atoms with Gasteiger partial charge in [-0.25, -0.2) is 0 Å². The molecular formula is C14H27ClN2OS. The molecule has 5 heteroatoms. The fourth-order valence-electron chi connectivity index (χ4n) is 3.39. The number of nitrogens with two attached hydrogens (primary N) is 1. The molecule has 1 amide bonds. The minimum absolute atomic E-state index is 0. The number of hydrogen-bond acceptors (Lipinski definition) is 3. The molecule has 0 aromatic rings. The van der Waals surface area contributed by atoms with Crippen LogP contribution in [0.15, 0.2) is 0 Å². The Morgan fingerprint density at radius 1 is 1.37 bits per heavy atom. The maximum absolute atomic E-state index is 12.5. The van der Waals surface area contributed by atoms with Crippen LogP contribution in [0.25, 0.3) is 0 Å². The maximum Gasteiger partial charge on any atom is 0.242 e. The lowest BCUT2D eigenvalue weighted by Gasteiger charge is -2.32. The number of halogens is 1. The monoisotopic (exact) mass is 306 g/mol. The summed E-state index contributed by atoms with van der Waals surface area (Å²) >= 11 is 2.03. The summed E-state index contributed by atoms with van der Waals surface area (Å²) in [5.74, 6) is 1.36. The van der Waals surface area contributed by atoms with Crippen molar-refractivity contribution in [1.82, 2.24) is 4.90 Å². The molecule has 0 aromatic heterocycles. The zero-order chi connectivity index (χ0) is 13.2. The second-order valence-corrected chi connectivity index (χ2v) is 7.40. The number of likely N-dealkylation sites (N-methyl/N-ethyl adjacent to an activating group) is 1. The third kappa shape index (κ3) is 3.79. The summed E-state index contributed by atoms with van der Waals surface area (Å²) < 4.78 is 0. The number of rotatable bonds is 4. The molecule has 2 atom stereocenters. The van der Waals surface area contributed by atoms with Gasteiger partial charge in [-0.3, -0.25) is 4.79 Å². The Morgan fingerprint density at radius 3 is 2.58 bits per heavy atom. The van der Waals surface area contributed by atoms with E-state index in [0.717, 1.165) is 43.8 Å². The van der Waals surface area contributed by atoms with E-state index in [1.54, 1.807) is 0 Å². The summed E-state index contributed by atoms with van der Waals surface area (Å²) in [5, 5.41) is 0.743. The third-order valence-corrected chi connectivity index (χ3v) is 5.78. The van der Waals surface area contributed by atoms with Gasteiger partial charge in [0.25, 0.3) is 0 Å². The predicted molar refractivity (Wildman–Crippen MR) is 85.0 cm³/mol. The summed E-state index contributed by atoms with van der Waals surface area (Å²) in [6, 6.07) is 0.419. The van der Waals surface area contributed by atoms with Crippen molar-refractivity contribution in [3.63, 3.8) is 0 Å². The van der Waals surface area contributed by atoms with Crippen molar-refractivity contribution in [1.29, 1.82) is 0 Å². The van der Waals surface area contributed by atoms with Crippen LogP contribution >= 0.6 is 24.2 Å². The molecule has 0 heterocycles. The largest absolute Gasteiger partial charge is 0.341 e. The summed E-state index contributed by atoms with van der Waals surface area (Å²) in [5.41, 5.74) is 5.72. The second-order valence-electron chi connectivity index (χ2n) is 5.82. The number of carbonyl (C=O) groups is 1. The first kappa shape index (κ1) is 17.1. The number of amides is 1. The molecule has 0 aromatic carbocycles. The normalized spacial score (nSPS) is 29.0. The number of nitrogens with zero attached hydrogens (tertiary/aromatic N) is 1. The van der Waals surface area contributed by atoms with Crippen LogP contribution in [-0.4, -0.2) is 40.4 Å². The molecule has 0 aliphatic heterocycles. The van der Waals surface area contributed by atoms with Crippen LogP contribution in [0.2, 0.25) is 0 Å². The van der Waals surface area contributed by atoms with E-state index in [1.807, 2.05) is 23.7 Å². The van der Waals surface area contributed by atoms with Gasteiger partial charge in [0, 0.05) is 18.3 Å². The van der Waals surface area contributed by atoms with E-state index in [-0.39, 0.29) is 18.3 Å². The second kappa shape index (κ2) is 7.19. The fourth-order valence-corrected chi connectivity index (χ4v) is 4.53. The first-order valence-corrected chi connectivity index (χ1v) is 8.29. The quantitative estimate of drug-likeness (QED) is 0.869. The highest BCUT2D eigenvalue weighted by atomic mass is 35.5. The molecule has 0 saturated heterocycles. The highest BCUT2D eigenvalue weighted by Gasteiger charge is 2.41. The molecule has 3 nitrogen and oxygen atoms in total. The molecule has 2 aliphatic rings. The highest BCUT2D eigenvalue weighted by Crippen LogP contribution is 2.35. The van der Waals surface area contributed by atoms with E-state index >= 15 is 0 Å². The van der Waals surface area contributed by atoms with Gasteiger partial charge in [-0.15, -0.1) is 12.4 Å². The maximum atomic E-state index is 12.5. The minimum atomic E-state index is -0.551. The fraction of sp³-hybridized carbons (Fsp3) is 0.929. The van der Waals surface area contributed by atoms with Gasteiger partial charge in [0.05, 0.1) is 5.54 Å². The first-order chi connectivity index (χ1) is 8.57. The van der Waals surface area contributed by atoms with Crippen LogP contribution in [0.1, 0.15) is 51.9 Å². The van der Waals surface area contributed by atoms with Gasteiger partial charge in [0.15, 0.2) is 0 Å². The third-order valence-electron chi connectivity index (χ3n) is 4.55. The van der Waals surface area contributed by atoms with Gasteiger partial charge < -0.3 is 10.6 Å². The van der Waals surface area contributed by atoms with Crippen LogP contribution < -0.4 is 5.73 Å². The molecule has 2 saturated carbocycles. The Bertz CT molecular complexity index is 308. The van der Waals surface area contributed by atoms with E-state index in [4.69, 9.17) is 5.73 Å². The van der Waals surface area contributed by atoms with E-state index in [2.05, 4.69) is 6.92 Å². The average molecular weight is 307 g/mol. The van der Waals surface area contributed by atoms with Gasteiger partial charge in [0.2, 0.25) is 5.91 Å². The Labute approximate surface area is 127 Å². The van der Waals surface area contributed by atoms with Gasteiger partial charge in [-0.2, -0.15) is 11.8 Å². The Hall–Kier alpha value is 0.0700. The van der Waals surface area contributed by atoms with E-state index in [0.29, 0.717) is 6.04 Å². The summed E-state index contributed by atoms with van der Waals surface area (Å²) in [7, 11) is 1.96. The molecule has 112 valence electrons. The van der Waals surface area contributed by atoms with Gasteiger partial charge in [0.1, 0.15) is 0 Å². The number of carbonyl (C=O) groups excluding carboxylic acids is 1. The van der Waals surface area contributed by atoms with Crippen molar-refractivity contribution in [3.8, 4) is 0 Å². The molecule has 2 unspecified atom stereocenters. The molecule has 19 heavy (non-hydrogen) atoms. The molecule has 0 radical (unpaired) electrons. The van der Waals surface area contributed by atoms with E-state index in [1.165, 1.54) is 12.2 Å². The van der Waals surface area contributed by atoms with Gasteiger partial charge >= 0.3 is 0 Å². The SMILES string of the molecule is CCSC1CCC(N(C)C(=O)C2(N)CCCC2)C1.Cl. The topological polar surface area (TPSA) is 46.3 Å². The van der Waals surface area contributed by atoms with Crippen LogP contribution in [0.5, 0.6) is 0 Å². The zero-order valence-electron chi connectivity index (χ0n) is 12.1. The highest BCUT2D eigenvalue weighted by molar-refractivity contribution is 7.99. The van der Waals surface area contributed by atoms with Crippen molar-refractivity contribution >= 4 is 30.1 Å². The Kier molecular flexibility index (Phi) is 6.48. The standard InChI is InChI=1S/C14H26N2OS.ClH/c1-3-18-12-7-6-11(10-12)16(2)13(17)14(15)8-4-5-9-14;/h11-12H,3-10,15H2,1-2H3;1H. The van der Waals surface area contributed by atoms with E-state index in [9.17, 15) is 4.79 Å². The average Bonchev–Trinajstić information content (AvgIpc) is 2.98. The Morgan fingerprint density at radius 2 is 2.00 bits per heavy atom. The molecule has 0 spiro atoms. The van der Waals surface area contributed by atoms with Crippen LogP contribution in [0, 0.1) is 0 Å². The summed E-state index contributed by atoms with van der Waals surface area (Å²) in [6.07, 6.45) is 7.50. The Balaban J connectivity index is 0.00000180. The van der Waals surface area contributed by atoms with Gasteiger partial charge in [-0.05, 0) is 37.9 Å². The first-order valence-electron chi connectivity index (χ1n) is 7.24. The van der Waals surface area contributed by atoms with Crippen LogP contribution in [0.4, 0.5) is 0 Å². The summed E-state index contributed by atoms with van der Waals surface area (Å²) in [4.78, 5) is 14.5. The summed E-state index contributed by atoms with van der Waals surface area (Å²) in [6.45, 7) is 2.21. The number of thioether (sulfide) groups is 1. The molecule has 2 aliphatic carbocycles. The van der Waals surface area contributed by atoms with Gasteiger partial charge in [-0.1, -0.05) is 19.8 Å². The molecule has 2 fully saturated rings. The lowest BCUT2D eigenvalue weighted by molar-refractivity contribution is -0.137. The smallest absolute Gasteiger partial charge is 0.242 e.